The van der Waals surface area contributed by atoms with Crippen molar-refractivity contribution in [2.45, 2.75) is 19.8 Å². The van der Waals surface area contributed by atoms with Gasteiger partial charge in [0.15, 0.2) is 5.78 Å². The molecule has 15 heavy (non-hydrogen) atoms. The molecule has 1 amide bonds. The molecule has 5 heteroatoms. The number of Topliss-reactive ketones (excluding diaryl/α,β-unsaturated/α-hetero) is 1. The zero-order valence-electron chi connectivity index (χ0n) is 8.59. The van der Waals surface area contributed by atoms with E-state index in [-0.39, 0.29) is 24.5 Å². The summed E-state index contributed by atoms with van der Waals surface area (Å²) in [6, 6.07) is 1.76. The maximum atomic E-state index is 11.6. The second-order valence-electron chi connectivity index (χ2n) is 3.13. The number of carbonyl (C=O) groups is 2. The van der Waals surface area contributed by atoms with Gasteiger partial charge in [-0.25, -0.2) is 0 Å². The molecule has 0 bridgehead atoms. The molecule has 1 N–H and O–H groups in total. The first-order valence-electron chi connectivity index (χ1n) is 4.54. The fourth-order valence-corrected chi connectivity index (χ4v) is 2.46. The Morgan fingerprint density at radius 2 is 2.13 bits per heavy atom. The quantitative estimate of drug-likeness (QED) is 0.828. The number of thiophene rings is 1. The molecule has 1 rings (SSSR count). The molecule has 0 aliphatic rings. The molecule has 0 spiro atoms. The maximum absolute atomic E-state index is 11.6. The van der Waals surface area contributed by atoms with Crippen LogP contribution in [0.4, 0.5) is 0 Å². The second-order valence-corrected chi connectivity index (χ2v) is 4.79. The second kappa shape index (κ2) is 5.28. The number of hydrogen-bond donors (Lipinski definition) is 1. The van der Waals surface area contributed by atoms with E-state index in [1.807, 2.05) is 6.92 Å². The summed E-state index contributed by atoms with van der Waals surface area (Å²) >= 11 is 7.25. The summed E-state index contributed by atoms with van der Waals surface area (Å²) in [5.41, 5.74) is 0. The summed E-state index contributed by atoms with van der Waals surface area (Å²) in [7, 11) is 1.55. The van der Waals surface area contributed by atoms with Gasteiger partial charge in [0.25, 0.3) is 0 Å². The van der Waals surface area contributed by atoms with E-state index in [0.29, 0.717) is 9.90 Å². The third-order valence-electron chi connectivity index (χ3n) is 1.92. The number of rotatable bonds is 4. The molecule has 0 fully saturated rings. The minimum absolute atomic E-state index is 0.0679. The van der Waals surface area contributed by atoms with Gasteiger partial charge in [0.1, 0.15) is 0 Å². The van der Waals surface area contributed by atoms with Gasteiger partial charge in [0.05, 0.1) is 9.90 Å². The van der Waals surface area contributed by atoms with E-state index in [2.05, 4.69) is 5.32 Å². The molecule has 1 aromatic heterocycles. The summed E-state index contributed by atoms with van der Waals surface area (Å²) in [5, 5.41) is 2.96. The van der Waals surface area contributed by atoms with Crippen LogP contribution in [0.3, 0.4) is 0 Å². The molecule has 0 aliphatic carbocycles. The van der Waals surface area contributed by atoms with E-state index in [4.69, 9.17) is 11.6 Å². The molecular formula is C10H12ClNO2S. The van der Waals surface area contributed by atoms with Crippen LogP contribution in [0.25, 0.3) is 0 Å². The predicted octanol–water partition coefficient (Wildman–Crippen LogP) is 2.42. The highest BCUT2D eigenvalue weighted by Crippen LogP contribution is 2.27. The van der Waals surface area contributed by atoms with Gasteiger partial charge < -0.3 is 5.32 Å². The molecule has 0 atom stereocenters. The topological polar surface area (TPSA) is 46.2 Å². The summed E-state index contributed by atoms with van der Waals surface area (Å²) in [6.07, 6.45) is 0.419. The van der Waals surface area contributed by atoms with Crippen LogP contribution in [0.15, 0.2) is 6.07 Å². The molecule has 0 unspecified atom stereocenters. The summed E-state index contributed by atoms with van der Waals surface area (Å²) in [4.78, 5) is 24.1. The Bertz CT molecular complexity index is 387. The van der Waals surface area contributed by atoms with Gasteiger partial charge in [0, 0.05) is 24.8 Å². The highest BCUT2D eigenvalue weighted by atomic mass is 35.5. The van der Waals surface area contributed by atoms with Gasteiger partial charge in [-0.3, -0.25) is 9.59 Å². The molecule has 0 radical (unpaired) electrons. The molecule has 0 aliphatic heterocycles. The van der Waals surface area contributed by atoms with Gasteiger partial charge in [-0.1, -0.05) is 11.6 Å². The fourth-order valence-electron chi connectivity index (χ4n) is 1.14. The number of amides is 1. The van der Waals surface area contributed by atoms with Crippen LogP contribution in [0.5, 0.6) is 0 Å². The van der Waals surface area contributed by atoms with Crippen molar-refractivity contribution >= 4 is 34.6 Å². The van der Waals surface area contributed by atoms with E-state index in [1.165, 1.54) is 11.3 Å². The van der Waals surface area contributed by atoms with Crippen LogP contribution in [0.1, 0.15) is 27.4 Å². The molecular weight excluding hydrogens is 234 g/mol. The zero-order chi connectivity index (χ0) is 11.4. The minimum atomic E-state index is -0.132. The normalized spacial score (nSPS) is 10.1. The lowest BCUT2D eigenvalue weighted by molar-refractivity contribution is -0.120. The summed E-state index contributed by atoms with van der Waals surface area (Å²) < 4.78 is 0. The van der Waals surface area contributed by atoms with Gasteiger partial charge in [0.2, 0.25) is 5.91 Å². The molecule has 1 heterocycles. The van der Waals surface area contributed by atoms with Crippen LogP contribution in [-0.2, 0) is 4.79 Å². The number of halogens is 1. The first-order valence-corrected chi connectivity index (χ1v) is 5.73. The number of nitrogens with one attached hydrogen (secondary N) is 1. The standard InChI is InChI=1S/C10H12ClNO2S/c1-6-5-7(11)10(15-6)8(13)3-4-9(14)12-2/h5H,3-4H2,1-2H3,(H,12,14). The van der Waals surface area contributed by atoms with Gasteiger partial charge in [-0.2, -0.15) is 0 Å². The van der Waals surface area contributed by atoms with Gasteiger partial charge in [-0.15, -0.1) is 11.3 Å². The first-order chi connectivity index (χ1) is 7.04. The number of carbonyl (C=O) groups excluding carboxylic acids is 2. The minimum Gasteiger partial charge on any atom is -0.359 e. The Balaban J connectivity index is 2.61. The maximum Gasteiger partial charge on any atom is 0.220 e. The number of hydrogen-bond acceptors (Lipinski definition) is 3. The molecule has 0 saturated heterocycles. The van der Waals surface area contributed by atoms with Crippen LogP contribution in [0.2, 0.25) is 5.02 Å². The first kappa shape index (κ1) is 12.2. The Hall–Kier alpha value is -0.870. The van der Waals surface area contributed by atoms with E-state index in [1.54, 1.807) is 13.1 Å². The van der Waals surface area contributed by atoms with Crippen molar-refractivity contribution in [3.8, 4) is 0 Å². The van der Waals surface area contributed by atoms with Crippen LogP contribution in [-0.4, -0.2) is 18.7 Å². The molecule has 3 nitrogen and oxygen atoms in total. The SMILES string of the molecule is CNC(=O)CCC(=O)c1sc(C)cc1Cl. The Morgan fingerprint density at radius 3 is 2.60 bits per heavy atom. The van der Waals surface area contributed by atoms with E-state index in [9.17, 15) is 9.59 Å². The lowest BCUT2D eigenvalue weighted by Gasteiger charge is -1.98. The van der Waals surface area contributed by atoms with Crippen molar-refractivity contribution in [2.75, 3.05) is 7.05 Å². The van der Waals surface area contributed by atoms with Crippen LogP contribution >= 0.6 is 22.9 Å². The van der Waals surface area contributed by atoms with Crippen LogP contribution < -0.4 is 5.32 Å². The van der Waals surface area contributed by atoms with Crippen molar-refractivity contribution in [1.29, 1.82) is 0 Å². The molecule has 82 valence electrons. The predicted molar refractivity (Wildman–Crippen MR) is 61.7 cm³/mol. The average Bonchev–Trinajstić information content (AvgIpc) is 2.53. The van der Waals surface area contributed by atoms with Crippen molar-refractivity contribution in [3.05, 3.63) is 20.8 Å². The van der Waals surface area contributed by atoms with Crippen molar-refractivity contribution in [2.24, 2.45) is 0 Å². The Morgan fingerprint density at radius 1 is 1.47 bits per heavy atom. The smallest absolute Gasteiger partial charge is 0.220 e. The highest BCUT2D eigenvalue weighted by molar-refractivity contribution is 7.14. The average molecular weight is 246 g/mol. The van der Waals surface area contributed by atoms with Gasteiger partial charge in [-0.05, 0) is 13.0 Å². The van der Waals surface area contributed by atoms with E-state index < -0.39 is 0 Å². The Labute approximate surface area is 97.4 Å². The van der Waals surface area contributed by atoms with Gasteiger partial charge >= 0.3 is 0 Å². The Kier molecular flexibility index (Phi) is 4.29. The van der Waals surface area contributed by atoms with Crippen LogP contribution in [0, 0.1) is 6.92 Å². The largest absolute Gasteiger partial charge is 0.359 e. The highest BCUT2D eigenvalue weighted by Gasteiger charge is 2.14. The molecule has 0 saturated carbocycles. The third-order valence-corrected chi connectivity index (χ3v) is 3.42. The van der Waals surface area contributed by atoms with E-state index >= 15 is 0 Å². The molecule has 0 aromatic carbocycles. The fraction of sp³-hybridized carbons (Fsp3) is 0.400. The summed E-state index contributed by atoms with van der Waals surface area (Å²) in [5.74, 6) is -0.200. The van der Waals surface area contributed by atoms with Crippen molar-refractivity contribution < 1.29 is 9.59 Å². The van der Waals surface area contributed by atoms with E-state index in [0.717, 1.165) is 4.88 Å². The zero-order valence-corrected chi connectivity index (χ0v) is 10.2. The van der Waals surface area contributed by atoms with Crippen molar-refractivity contribution in [3.63, 3.8) is 0 Å². The monoisotopic (exact) mass is 245 g/mol. The number of ketones is 1. The summed E-state index contributed by atoms with van der Waals surface area (Å²) in [6.45, 7) is 1.89. The van der Waals surface area contributed by atoms with Crippen molar-refractivity contribution in [1.82, 2.24) is 5.32 Å². The lowest BCUT2D eigenvalue weighted by Crippen LogP contribution is -2.18. The number of aryl methyl sites for hydroxylation is 1. The third kappa shape index (κ3) is 3.32. The lowest BCUT2D eigenvalue weighted by atomic mass is 10.2. The molecule has 1 aromatic rings.